The number of fused-ring (bicyclic) bond motifs is 1. The maximum Gasteiger partial charge on any atom is 0.300 e. The molecule has 4 rings (SSSR count). The average Bonchev–Trinajstić information content (AvgIpc) is 3.11. The Morgan fingerprint density at radius 2 is 2.03 bits per heavy atom. The van der Waals surface area contributed by atoms with Crippen LogP contribution in [-0.2, 0) is 4.79 Å². The van der Waals surface area contributed by atoms with Crippen molar-refractivity contribution in [1.29, 1.82) is 0 Å². The number of hydrogen-bond acceptors (Lipinski definition) is 7. The maximum atomic E-state index is 9.00. The van der Waals surface area contributed by atoms with Gasteiger partial charge in [0.25, 0.3) is 5.97 Å². The number of rotatable bonds is 5. The number of hydrogen-bond donors (Lipinski definition) is 4. The van der Waals surface area contributed by atoms with Crippen LogP contribution in [0.5, 0.6) is 5.75 Å². The van der Waals surface area contributed by atoms with E-state index in [1.54, 1.807) is 12.3 Å². The van der Waals surface area contributed by atoms with Crippen LogP contribution in [0.4, 0.5) is 17.5 Å². The van der Waals surface area contributed by atoms with E-state index >= 15 is 0 Å². The Labute approximate surface area is 172 Å². The predicted molar refractivity (Wildman–Crippen MR) is 116 cm³/mol. The van der Waals surface area contributed by atoms with Crippen LogP contribution in [-0.4, -0.2) is 37.8 Å². The van der Waals surface area contributed by atoms with Crippen molar-refractivity contribution in [1.82, 2.24) is 20.2 Å². The Morgan fingerprint density at radius 1 is 1.23 bits per heavy atom. The first-order chi connectivity index (χ1) is 14.5. The summed E-state index contributed by atoms with van der Waals surface area (Å²) in [5, 5.41) is 19.2. The standard InChI is InChI=1S/C19H18N6O.C2H4O2/c1-2-26-14-5-3-4-12(10-14)18-15-11-13(6-7-16(15)24-25-18)22-17-8-9-21-19(20)23-17;1-2(3)4/h3-11H,2H2,1H3,(H,24,25)(H3,20,21,22,23);1H3,(H,3,4). The van der Waals surface area contributed by atoms with Crippen molar-refractivity contribution < 1.29 is 14.6 Å². The van der Waals surface area contributed by atoms with Gasteiger partial charge in [0.05, 0.1) is 12.1 Å². The highest BCUT2D eigenvalue weighted by Crippen LogP contribution is 2.31. The van der Waals surface area contributed by atoms with Gasteiger partial charge in [-0.05, 0) is 43.3 Å². The first kappa shape index (κ1) is 20.6. The van der Waals surface area contributed by atoms with E-state index in [9.17, 15) is 0 Å². The highest BCUT2D eigenvalue weighted by molar-refractivity contribution is 5.95. The van der Waals surface area contributed by atoms with E-state index in [-0.39, 0.29) is 5.95 Å². The summed E-state index contributed by atoms with van der Waals surface area (Å²) < 4.78 is 5.59. The summed E-state index contributed by atoms with van der Waals surface area (Å²) in [4.78, 5) is 17.1. The molecular formula is C21H22N6O3. The largest absolute Gasteiger partial charge is 0.494 e. The van der Waals surface area contributed by atoms with E-state index in [1.807, 2.05) is 49.4 Å². The Kier molecular flexibility index (Phi) is 6.43. The zero-order valence-corrected chi connectivity index (χ0v) is 16.6. The fraction of sp³-hybridized carbons (Fsp3) is 0.143. The van der Waals surface area contributed by atoms with Crippen LogP contribution >= 0.6 is 0 Å². The van der Waals surface area contributed by atoms with Crippen molar-refractivity contribution in [3.8, 4) is 17.0 Å². The molecule has 2 aromatic carbocycles. The third kappa shape index (κ3) is 5.22. The molecule has 5 N–H and O–H groups in total. The lowest BCUT2D eigenvalue weighted by Crippen LogP contribution is -1.98. The molecule has 0 saturated carbocycles. The Morgan fingerprint density at radius 3 is 2.77 bits per heavy atom. The molecule has 0 atom stereocenters. The minimum Gasteiger partial charge on any atom is -0.494 e. The topological polar surface area (TPSA) is 139 Å². The second kappa shape index (κ2) is 9.37. The van der Waals surface area contributed by atoms with Gasteiger partial charge in [0.2, 0.25) is 5.95 Å². The van der Waals surface area contributed by atoms with Crippen molar-refractivity contribution in [2.75, 3.05) is 17.7 Å². The molecule has 9 nitrogen and oxygen atoms in total. The number of carboxylic acid groups (broad SMARTS) is 1. The van der Waals surface area contributed by atoms with Crippen LogP contribution in [0.2, 0.25) is 0 Å². The van der Waals surface area contributed by atoms with Gasteiger partial charge in [-0.25, -0.2) is 4.98 Å². The van der Waals surface area contributed by atoms with Gasteiger partial charge in [-0.2, -0.15) is 10.1 Å². The summed E-state index contributed by atoms with van der Waals surface area (Å²) in [7, 11) is 0. The van der Waals surface area contributed by atoms with Crippen molar-refractivity contribution >= 4 is 34.3 Å². The van der Waals surface area contributed by atoms with Gasteiger partial charge in [0, 0.05) is 29.8 Å². The number of aromatic nitrogens is 4. The van der Waals surface area contributed by atoms with Crippen LogP contribution in [0.1, 0.15) is 13.8 Å². The van der Waals surface area contributed by atoms with Gasteiger partial charge in [0.1, 0.15) is 17.3 Å². The molecule has 0 spiro atoms. The number of aliphatic carboxylic acids is 1. The summed E-state index contributed by atoms with van der Waals surface area (Å²) in [6.45, 7) is 3.68. The molecule has 4 aromatic rings. The van der Waals surface area contributed by atoms with Gasteiger partial charge < -0.3 is 20.9 Å². The van der Waals surface area contributed by atoms with Crippen LogP contribution in [0.25, 0.3) is 22.2 Å². The number of carboxylic acids is 1. The van der Waals surface area contributed by atoms with Crippen LogP contribution in [0, 0.1) is 0 Å². The number of carbonyl (C=O) groups is 1. The number of benzene rings is 2. The van der Waals surface area contributed by atoms with E-state index in [4.69, 9.17) is 20.4 Å². The van der Waals surface area contributed by atoms with Crippen molar-refractivity contribution in [2.45, 2.75) is 13.8 Å². The fourth-order valence-electron chi connectivity index (χ4n) is 2.80. The van der Waals surface area contributed by atoms with Crippen molar-refractivity contribution in [3.05, 3.63) is 54.7 Å². The maximum absolute atomic E-state index is 9.00. The summed E-state index contributed by atoms with van der Waals surface area (Å²) in [6.07, 6.45) is 1.62. The normalized spacial score (nSPS) is 10.2. The van der Waals surface area contributed by atoms with Gasteiger partial charge in [-0.3, -0.25) is 9.89 Å². The summed E-state index contributed by atoms with van der Waals surface area (Å²) in [5.41, 5.74) is 9.34. The van der Waals surface area contributed by atoms with Crippen LogP contribution < -0.4 is 15.8 Å². The van der Waals surface area contributed by atoms with Crippen molar-refractivity contribution in [2.24, 2.45) is 0 Å². The minimum absolute atomic E-state index is 0.229. The van der Waals surface area contributed by atoms with Crippen molar-refractivity contribution in [3.63, 3.8) is 0 Å². The number of H-pyrrole nitrogens is 1. The number of nitrogens with two attached hydrogens (primary N) is 1. The summed E-state index contributed by atoms with van der Waals surface area (Å²) >= 11 is 0. The smallest absolute Gasteiger partial charge is 0.300 e. The minimum atomic E-state index is -0.833. The first-order valence-corrected chi connectivity index (χ1v) is 9.22. The molecule has 2 aromatic heterocycles. The van der Waals surface area contributed by atoms with E-state index in [0.717, 1.165) is 40.5 Å². The molecule has 0 radical (unpaired) electrons. The number of aromatic amines is 1. The number of anilines is 3. The number of nitrogens with zero attached hydrogens (tertiary/aromatic N) is 3. The lowest BCUT2D eigenvalue weighted by Gasteiger charge is -2.07. The molecule has 0 bridgehead atoms. The molecule has 0 aliphatic rings. The third-order valence-corrected chi connectivity index (χ3v) is 3.93. The molecule has 0 aliphatic carbocycles. The second-order valence-corrected chi connectivity index (χ2v) is 6.24. The second-order valence-electron chi connectivity index (χ2n) is 6.24. The lowest BCUT2D eigenvalue weighted by molar-refractivity contribution is -0.134. The predicted octanol–water partition coefficient (Wildman–Crippen LogP) is 3.84. The van der Waals surface area contributed by atoms with Gasteiger partial charge in [-0.15, -0.1) is 0 Å². The molecule has 0 amide bonds. The SMILES string of the molecule is CC(=O)O.CCOc1cccc(-c2n[nH]c3ccc(Nc4ccnc(N)n4)cc23)c1. The molecule has 2 heterocycles. The Hall–Kier alpha value is -4.14. The first-order valence-electron chi connectivity index (χ1n) is 9.22. The zero-order valence-electron chi connectivity index (χ0n) is 16.6. The molecule has 0 fully saturated rings. The van der Waals surface area contributed by atoms with E-state index in [2.05, 4.69) is 25.5 Å². The number of nitrogen functional groups attached to an aromatic ring is 1. The van der Waals surface area contributed by atoms with Crippen LogP contribution in [0.3, 0.4) is 0 Å². The monoisotopic (exact) mass is 406 g/mol. The Bertz CT molecular complexity index is 1150. The van der Waals surface area contributed by atoms with E-state index < -0.39 is 5.97 Å². The molecule has 154 valence electrons. The Balaban J connectivity index is 0.000000589. The van der Waals surface area contributed by atoms with E-state index in [1.165, 1.54) is 0 Å². The summed E-state index contributed by atoms with van der Waals surface area (Å²) in [5.74, 6) is 0.861. The molecule has 0 unspecified atom stereocenters. The van der Waals surface area contributed by atoms with E-state index in [0.29, 0.717) is 12.4 Å². The lowest BCUT2D eigenvalue weighted by atomic mass is 10.1. The zero-order chi connectivity index (χ0) is 21.5. The van der Waals surface area contributed by atoms with Gasteiger partial charge in [0.15, 0.2) is 0 Å². The quantitative estimate of drug-likeness (QED) is 0.392. The number of nitrogens with one attached hydrogen (secondary N) is 2. The molecule has 0 saturated heterocycles. The molecular weight excluding hydrogens is 384 g/mol. The van der Waals surface area contributed by atoms with Gasteiger partial charge >= 0.3 is 0 Å². The highest BCUT2D eigenvalue weighted by Gasteiger charge is 2.10. The molecule has 30 heavy (non-hydrogen) atoms. The molecule has 0 aliphatic heterocycles. The highest BCUT2D eigenvalue weighted by atomic mass is 16.5. The fourth-order valence-corrected chi connectivity index (χ4v) is 2.80. The third-order valence-electron chi connectivity index (χ3n) is 3.93. The number of ether oxygens (including phenoxy) is 1. The van der Waals surface area contributed by atoms with Gasteiger partial charge in [-0.1, -0.05) is 12.1 Å². The molecule has 9 heteroatoms. The summed E-state index contributed by atoms with van der Waals surface area (Å²) in [6, 6.07) is 15.6. The van der Waals surface area contributed by atoms with Crippen LogP contribution in [0.15, 0.2) is 54.7 Å². The average molecular weight is 406 g/mol.